The van der Waals surface area contributed by atoms with E-state index in [-0.39, 0.29) is 5.91 Å². The summed E-state index contributed by atoms with van der Waals surface area (Å²) >= 11 is 3.47. The fourth-order valence-corrected chi connectivity index (χ4v) is 6.74. The van der Waals surface area contributed by atoms with E-state index in [1.165, 1.54) is 44.1 Å². The summed E-state index contributed by atoms with van der Waals surface area (Å²) in [6.07, 6.45) is 12.6. The Bertz CT molecular complexity index is 1070. The maximum atomic E-state index is 13.4. The number of amides is 1. The smallest absolute Gasteiger partial charge is 0.326 e. The first-order valence-electron chi connectivity index (χ1n) is 14.3. The van der Waals surface area contributed by atoms with E-state index < -0.39 is 12.0 Å². The Morgan fingerprint density at radius 2 is 1.79 bits per heavy atom. The van der Waals surface area contributed by atoms with Crippen molar-refractivity contribution in [3.05, 3.63) is 59.2 Å². The minimum absolute atomic E-state index is 0.335. The Hall–Kier alpha value is -1.96. The second kappa shape index (κ2) is 16.3. The molecule has 0 heterocycles. The van der Waals surface area contributed by atoms with Gasteiger partial charge in [0.15, 0.2) is 0 Å². The van der Waals surface area contributed by atoms with E-state index in [0.29, 0.717) is 23.8 Å². The molecule has 5 nitrogen and oxygen atoms in total. The van der Waals surface area contributed by atoms with Crippen LogP contribution in [0.1, 0.15) is 73.4 Å². The molecule has 7 heteroatoms. The highest BCUT2D eigenvalue weighted by Crippen LogP contribution is 2.30. The van der Waals surface area contributed by atoms with Gasteiger partial charge in [-0.15, -0.1) is 0 Å². The van der Waals surface area contributed by atoms with E-state index in [9.17, 15) is 14.7 Å². The summed E-state index contributed by atoms with van der Waals surface area (Å²) in [5, 5.41) is 12.5. The molecular weight excluding hydrogens is 524 g/mol. The van der Waals surface area contributed by atoms with Crippen molar-refractivity contribution in [1.82, 2.24) is 10.2 Å². The van der Waals surface area contributed by atoms with E-state index in [4.69, 9.17) is 0 Å². The third-order valence-corrected chi connectivity index (χ3v) is 9.40. The average Bonchev–Trinajstić information content (AvgIpc) is 2.93. The van der Waals surface area contributed by atoms with Crippen LogP contribution in [0.15, 0.2) is 42.5 Å². The number of thioether (sulfide) groups is 2. The first-order chi connectivity index (χ1) is 18.8. The number of carboxylic acid groups (broad SMARTS) is 1. The van der Waals surface area contributed by atoms with Crippen molar-refractivity contribution in [1.29, 1.82) is 0 Å². The van der Waals surface area contributed by atoms with Crippen molar-refractivity contribution < 1.29 is 14.7 Å². The second-order valence-electron chi connectivity index (χ2n) is 10.9. The van der Waals surface area contributed by atoms with Crippen LogP contribution in [0.2, 0.25) is 0 Å². The number of hydrogen-bond acceptors (Lipinski definition) is 5. The number of nitrogens with zero attached hydrogens (tertiary/aromatic N) is 1. The molecule has 0 spiro atoms. The summed E-state index contributed by atoms with van der Waals surface area (Å²) in [5.74, 6) is 1.26. The van der Waals surface area contributed by atoms with Gasteiger partial charge in [-0.25, -0.2) is 4.79 Å². The fourth-order valence-electron chi connectivity index (χ4n) is 5.58. The number of hydrogen-bond donors (Lipinski definition) is 2. The number of nitrogens with one attached hydrogen (secondary N) is 1. The van der Waals surface area contributed by atoms with Gasteiger partial charge in [0.2, 0.25) is 0 Å². The van der Waals surface area contributed by atoms with Crippen LogP contribution in [0.4, 0.5) is 0 Å². The molecule has 0 aromatic heterocycles. The highest BCUT2D eigenvalue weighted by atomic mass is 32.2. The summed E-state index contributed by atoms with van der Waals surface area (Å²) in [6.45, 7) is 6.30. The first-order valence-corrected chi connectivity index (χ1v) is 17.1. The van der Waals surface area contributed by atoms with Crippen LogP contribution in [-0.2, 0) is 11.3 Å². The van der Waals surface area contributed by atoms with E-state index in [1.807, 2.05) is 48.3 Å². The van der Waals surface area contributed by atoms with Gasteiger partial charge in [0.05, 0.1) is 0 Å². The third kappa shape index (κ3) is 9.58. The number of aliphatic carboxylic acids is 1. The Labute approximate surface area is 243 Å². The molecule has 214 valence electrons. The van der Waals surface area contributed by atoms with Crippen molar-refractivity contribution in [2.75, 3.05) is 30.6 Å². The van der Waals surface area contributed by atoms with Gasteiger partial charge >= 0.3 is 5.97 Å². The quantitative estimate of drug-likeness (QED) is 0.238. The predicted octanol–water partition coefficient (Wildman–Crippen LogP) is 7.12. The molecule has 2 N–H and O–H groups in total. The summed E-state index contributed by atoms with van der Waals surface area (Å²) < 4.78 is 0. The Kier molecular flexibility index (Phi) is 13.2. The molecule has 2 unspecified atom stereocenters. The van der Waals surface area contributed by atoms with Crippen LogP contribution >= 0.6 is 23.5 Å². The van der Waals surface area contributed by atoms with E-state index in [2.05, 4.69) is 42.5 Å². The van der Waals surface area contributed by atoms with Gasteiger partial charge in [-0.1, -0.05) is 62.4 Å². The minimum Gasteiger partial charge on any atom is -0.480 e. The third-order valence-electron chi connectivity index (χ3n) is 7.94. The minimum atomic E-state index is -0.997. The normalized spacial score (nSPS) is 15.7. The van der Waals surface area contributed by atoms with E-state index in [0.717, 1.165) is 41.5 Å². The lowest BCUT2D eigenvalue weighted by atomic mass is 9.87. The topological polar surface area (TPSA) is 69.6 Å². The van der Waals surface area contributed by atoms with Crippen LogP contribution in [-0.4, -0.2) is 64.5 Å². The van der Waals surface area contributed by atoms with Crippen LogP contribution < -0.4 is 5.32 Å². The molecular formula is C32H46N2O3S2. The molecule has 0 aliphatic heterocycles. The zero-order valence-corrected chi connectivity index (χ0v) is 25.7. The van der Waals surface area contributed by atoms with Gasteiger partial charge < -0.3 is 10.4 Å². The first kappa shape index (κ1) is 31.6. The predicted molar refractivity (Wildman–Crippen MR) is 168 cm³/mol. The van der Waals surface area contributed by atoms with Crippen molar-refractivity contribution in [3.63, 3.8) is 0 Å². The molecule has 2 aromatic carbocycles. The average molecular weight is 571 g/mol. The monoisotopic (exact) mass is 570 g/mol. The zero-order valence-electron chi connectivity index (χ0n) is 24.1. The largest absolute Gasteiger partial charge is 0.480 e. The van der Waals surface area contributed by atoms with E-state index in [1.54, 1.807) is 11.8 Å². The lowest BCUT2D eigenvalue weighted by Crippen LogP contribution is -2.41. The molecule has 1 amide bonds. The molecule has 3 rings (SSSR count). The van der Waals surface area contributed by atoms with Crippen LogP contribution in [0.5, 0.6) is 0 Å². The molecule has 0 radical (unpaired) electrons. The SMILES string of the molecule is CSCCC(NC(=O)c1ccc(CN(CCC2CCCCC2)C(C)CSC)cc1-c1ccccc1C)C(=O)O. The van der Waals surface area contributed by atoms with Crippen LogP contribution in [0.3, 0.4) is 0 Å². The van der Waals surface area contributed by atoms with Crippen molar-refractivity contribution in [2.45, 2.75) is 77.4 Å². The van der Waals surface area contributed by atoms with Gasteiger partial charge in [-0.05, 0) is 91.8 Å². The molecule has 0 bridgehead atoms. The lowest BCUT2D eigenvalue weighted by Gasteiger charge is -2.31. The molecule has 1 fully saturated rings. The second-order valence-corrected chi connectivity index (χ2v) is 12.8. The summed E-state index contributed by atoms with van der Waals surface area (Å²) in [7, 11) is 0. The molecule has 2 atom stereocenters. The van der Waals surface area contributed by atoms with Crippen molar-refractivity contribution in [3.8, 4) is 11.1 Å². The van der Waals surface area contributed by atoms with Crippen molar-refractivity contribution >= 4 is 35.4 Å². The molecule has 39 heavy (non-hydrogen) atoms. The molecule has 1 aliphatic carbocycles. The number of carbonyl (C=O) groups is 2. The molecule has 1 saturated carbocycles. The fraction of sp³-hybridized carbons (Fsp3) is 0.562. The van der Waals surface area contributed by atoms with Gasteiger partial charge in [-0.3, -0.25) is 9.69 Å². The maximum absolute atomic E-state index is 13.4. The van der Waals surface area contributed by atoms with Gasteiger partial charge in [0.1, 0.15) is 6.04 Å². The number of benzene rings is 2. The standard InChI is InChI=1S/C32H46N2O3S2/c1-23-10-8-9-13-27(23)29-20-26(14-15-28(29)31(35)33-30(32(36)37)17-19-38-3)21-34(24(2)22-39-4)18-16-25-11-6-5-7-12-25/h8-10,13-15,20,24-25,30H,5-7,11-12,16-19,21-22H2,1-4H3,(H,33,35)(H,36,37). The number of carbonyl (C=O) groups excluding carboxylic acids is 1. The number of carboxylic acids is 1. The van der Waals surface area contributed by atoms with E-state index >= 15 is 0 Å². The maximum Gasteiger partial charge on any atom is 0.326 e. The van der Waals surface area contributed by atoms with Gasteiger partial charge in [0.25, 0.3) is 5.91 Å². The zero-order chi connectivity index (χ0) is 28.2. The van der Waals surface area contributed by atoms with Gasteiger partial charge in [-0.2, -0.15) is 23.5 Å². The Morgan fingerprint density at radius 3 is 2.46 bits per heavy atom. The highest BCUT2D eigenvalue weighted by molar-refractivity contribution is 7.98. The van der Waals surface area contributed by atoms with Gasteiger partial charge in [0, 0.05) is 23.9 Å². The highest BCUT2D eigenvalue weighted by Gasteiger charge is 2.24. The van der Waals surface area contributed by atoms with Crippen LogP contribution in [0.25, 0.3) is 11.1 Å². The van der Waals surface area contributed by atoms with Crippen molar-refractivity contribution in [2.24, 2.45) is 5.92 Å². The summed E-state index contributed by atoms with van der Waals surface area (Å²) in [5.41, 5.74) is 4.66. The Balaban J connectivity index is 1.89. The Morgan fingerprint density at radius 1 is 1.05 bits per heavy atom. The van der Waals surface area contributed by atoms with Crippen LogP contribution in [0, 0.1) is 12.8 Å². The summed E-state index contributed by atoms with van der Waals surface area (Å²) in [4.78, 5) is 27.9. The lowest BCUT2D eigenvalue weighted by molar-refractivity contribution is -0.139. The molecule has 1 aliphatic rings. The molecule has 0 saturated heterocycles. The number of rotatable bonds is 15. The number of aryl methyl sites for hydroxylation is 1. The molecule has 2 aromatic rings. The summed E-state index contributed by atoms with van der Waals surface area (Å²) in [6, 6.07) is 13.7.